The number of H-pyrrole nitrogens is 1. The minimum Gasteiger partial charge on any atom is -0.360 e. The molecule has 0 saturated heterocycles. The molecule has 5 nitrogen and oxygen atoms in total. The SMILES string of the molecule is CC(S)OCc1noc(=O)[nH]1. The number of thiol groups is 1. The van der Waals surface area contributed by atoms with Crippen molar-refractivity contribution in [3.05, 3.63) is 16.4 Å². The van der Waals surface area contributed by atoms with Gasteiger partial charge in [0.25, 0.3) is 0 Å². The molecule has 6 heteroatoms. The van der Waals surface area contributed by atoms with Crippen LogP contribution in [-0.4, -0.2) is 15.6 Å². The molecule has 11 heavy (non-hydrogen) atoms. The van der Waals surface area contributed by atoms with Crippen LogP contribution in [0.15, 0.2) is 9.32 Å². The molecule has 1 rings (SSSR count). The second-order valence-electron chi connectivity index (χ2n) is 1.95. The topological polar surface area (TPSA) is 68.1 Å². The zero-order chi connectivity index (χ0) is 8.27. The summed E-state index contributed by atoms with van der Waals surface area (Å²) in [5.41, 5.74) is -0.185. The molecule has 0 spiro atoms. The van der Waals surface area contributed by atoms with Gasteiger partial charge < -0.3 is 4.74 Å². The van der Waals surface area contributed by atoms with E-state index in [-0.39, 0.29) is 12.0 Å². The van der Waals surface area contributed by atoms with Crippen molar-refractivity contribution in [2.75, 3.05) is 0 Å². The number of nitrogens with zero attached hydrogens (tertiary/aromatic N) is 1. The van der Waals surface area contributed by atoms with Gasteiger partial charge in [-0.15, -0.1) is 12.6 Å². The third-order valence-electron chi connectivity index (χ3n) is 0.946. The third-order valence-corrected chi connectivity index (χ3v) is 1.10. The lowest BCUT2D eigenvalue weighted by Crippen LogP contribution is -2.03. The first-order valence-electron chi connectivity index (χ1n) is 3.03. The normalized spacial score (nSPS) is 13.3. The quantitative estimate of drug-likeness (QED) is 0.508. The van der Waals surface area contributed by atoms with Gasteiger partial charge in [-0.05, 0) is 6.92 Å². The fourth-order valence-electron chi connectivity index (χ4n) is 0.522. The molecule has 0 radical (unpaired) electrons. The molecule has 0 saturated carbocycles. The van der Waals surface area contributed by atoms with Crippen molar-refractivity contribution in [1.82, 2.24) is 10.1 Å². The second-order valence-corrected chi connectivity index (χ2v) is 2.68. The van der Waals surface area contributed by atoms with Crippen LogP contribution in [0.1, 0.15) is 12.7 Å². The van der Waals surface area contributed by atoms with Crippen LogP contribution in [-0.2, 0) is 11.3 Å². The van der Waals surface area contributed by atoms with E-state index in [9.17, 15) is 4.79 Å². The van der Waals surface area contributed by atoms with Crippen LogP contribution in [0.25, 0.3) is 0 Å². The van der Waals surface area contributed by atoms with Crippen LogP contribution in [0, 0.1) is 0 Å². The maximum absolute atomic E-state index is 10.4. The van der Waals surface area contributed by atoms with E-state index in [1.54, 1.807) is 6.92 Å². The molecule has 0 amide bonds. The number of hydrogen-bond donors (Lipinski definition) is 2. The van der Waals surface area contributed by atoms with Crippen molar-refractivity contribution in [3.8, 4) is 0 Å². The average molecular weight is 176 g/mol. The number of aromatic amines is 1. The number of ether oxygens (including phenoxy) is 1. The summed E-state index contributed by atoms with van der Waals surface area (Å²) in [6.07, 6.45) is 0. The van der Waals surface area contributed by atoms with Crippen molar-refractivity contribution in [1.29, 1.82) is 0 Å². The lowest BCUT2D eigenvalue weighted by molar-refractivity contribution is 0.105. The highest BCUT2D eigenvalue weighted by Crippen LogP contribution is 1.98. The molecular formula is C5H8N2O3S. The smallest absolute Gasteiger partial charge is 0.360 e. The van der Waals surface area contributed by atoms with Gasteiger partial charge >= 0.3 is 5.76 Å². The average Bonchev–Trinajstić information content (AvgIpc) is 2.31. The molecule has 62 valence electrons. The second kappa shape index (κ2) is 3.59. The fourth-order valence-corrected chi connectivity index (χ4v) is 0.597. The standard InChI is InChI=1S/C5H8N2O3S/c1-3(11)9-2-4-6-5(8)10-7-4/h3,11H,2H2,1H3,(H,6,7,8). The number of aromatic nitrogens is 2. The zero-order valence-electron chi connectivity index (χ0n) is 5.90. The highest BCUT2D eigenvalue weighted by atomic mass is 32.1. The number of nitrogens with one attached hydrogen (secondary N) is 1. The van der Waals surface area contributed by atoms with Gasteiger partial charge in [-0.3, -0.25) is 9.51 Å². The van der Waals surface area contributed by atoms with Gasteiger partial charge in [-0.25, -0.2) is 4.79 Å². The Morgan fingerprint density at radius 1 is 1.91 bits per heavy atom. The van der Waals surface area contributed by atoms with Crippen molar-refractivity contribution in [3.63, 3.8) is 0 Å². The van der Waals surface area contributed by atoms with Gasteiger partial charge in [-0.2, -0.15) is 0 Å². The molecule has 1 aromatic heterocycles. The van der Waals surface area contributed by atoms with Crippen LogP contribution >= 0.6 is 12.6 Å². The van der Waals surface area contributed by atoms with Crippen LogP contribution < -0.4 is 5.76 Å². The van der Waals surface area contributed by atoms with Gasteiger partial charge in [0.1, 0.15) is 6.61 Å². The highest BCUT2D eigenvalue weighted by Gasteiger charge is 2.01. The van der Waals surface area contributed by atoms with Gasteiger partial charge in [0.05, 0.1) is 5.44 Å². The molecule has 0 aliphatic rings. The fraction of sp³-hybridized carbons (Fsp3) is 0.600. The number of rotatable bonds is 3. The summed E-state index contributed by atoms with van der Waals surface area (Å²) in [6, 6.07) is 0. The molecule has 0 bridgehead atoms. The highest BCUT2D eigenvalue weighted by molar-refractivity contribution is 7.80. The third kappa shape index (κ3) is 2.77. The van der Waals surface area contributed by atoms with E-state index < -0.39 is 5.76 Å². The predicted molar refractivity (Wildman–Crippen MR) is 40.4 cm³/mol. The van der Waals surface area contributed by atoms with Gasteiger partial charge in [0.2, 0.25) is 0 Å². The Balaban J connectivity index is 2.45. The Labute approximate surface area is 68.1 Å². The first-order chi connectivity index (χ1) is 5.18. The van der Waals surface area contributed by atoms with Gasteiger partial charge in [-0.1, -0.05) is 5.16 Å². The maximum atomic E-state index is 10.4. The Hall–Kier alpha value is -0.750. The summed E-state index contributed by atoms with van der Waals surface area (Å²) in [5.74, 6) is -0.202. The molecule has 1 heterocycles. The van der Waals surface area contributed by atoms with E-state index in [0.29, 0.717) is 5.82 Å². The maximum Gasteiger partial charge on any atom is 0.438 e. The van der Waals surface area contributed by atoms with Gasteiger partial charge in [0, 0.05) is 0 Å². The predicted octanol–water partition coefficient (Wildman–Crippen LogP) is 0.155. The Morgan fingerprint density at radius 2 is 2.64 bits per heavy atom. The molecule has 0 aliphatic carbocycles. The lowest BCUT2D eigenvalue weighted by atomic mass is 10.7. The molecule has 1 atom stereocenters. The molecule has 0 aliphatic heterocycles. The van der Waals surface area contributed by atoms with Crippen molar-refractivity contribution in [2.45, 2.75) is 19.0 Å². The zero-order valence-corrected chi connectivity index (χ0v) is 6.80. The van der Waals surface area contributed by atoms with Crippen LogP contribution in [0.4, 0.5) is 0 Å². The van der Waals surface area contributed by atoms with E-state index in [4.69, 9.17) is 4.74 Å². The van der Waals surface area contributed by atoms with E-state index in [1.165, 1.54) is 0 Å². The van der Waals surface area contributed by atoms with Gasteiger partial charge in [0.15, 0.2) is 5.82 Å². The summed E-state index contributed by atoms with van der Waals surface area (Å²) in [4.78, 5) is 12.7. The summed E-state index contributed by atoms with van der Waals surface area (Å²) in [7, 11) is 0. The first kappa shape index (κ1) is 8.35. The molecule has 1 unspecified atom stereocenters. The molecule has 1 aromatic rings. The molecule has 1 N–H and O–H groups in total. The van der Waals surface area contributed by atoms with E-state index in [0.717, 1.165) is 0 Å². The molecule has 0 fully saturated rings. The Kier molecular flexibility index (Phi) is 2.72. The minimum atomic E-state index is -0.574. The van der Waals surface area contributed by atoms with E-state index in [1.807, 2.05) is 0 Å². The first-order valence-corrected chi connectivity index (χ1v) is 3.54. The summed E-state index contributed by atoms with van der Waals surface area (Å²) in [6.45, 7) is 1.97. The summed E-state index contributed by atoms with van der Waals surface area (Å²) < 4.78 is 9.24. The van der Waals surface area contributed by atoms with E-state index >= 15 is 0 Å². The summed E-state index contributed by atoms with van der Waals surface area (Å²) in [5, 5.41) is 3.39. The Morgan fingerprint density at radius 3 is 3.09 bits per heavy atom. The summed E-state index contributed by atoms with van der Waals surface area (Å²) >= 11 is 3.96. The molecular weight excluding hydrogens is 168 g/mol. The van der Waals surface area contributed by atoms with Crippen molar-refractivity contribution >= 4 is 12.6 Å². The largest absolute Gasteiger partial charge is 0.438 e. The van der Waals surface area contributed by atoms with Crippen molar-refractivity contribution < 1.29 is 9.26 Å². The number of hydrogen-bond acceptors (Lipinski definition) is 5. The Bertz CT molecular complexity index is 267. The van der Waals surface area contributed by atoms with Crippen LogP contribution in [0.5, 0.6) is 0 Å². The minimum absolute atomic E-state index is 0.185. The van der Waals surface area contributed by atoms with Crippen LogP contribution in [0.3, 0.4) is 0 Å². The molecule has 0 aromatic carbocycles. The van der Waals surface area contributed by atoms with Crippen LogP contribution in [0.2, 0.25) is 0 Å². The monoisotopic (exact) mass is 176 g/mol. The van der Waals surface area contributed by atoms with Crippen molar-refractivity contribution in [2.24, 2.45) is 0 Å². The van der Waals surface area contributed by atoms with E-state index in [2.05, 4.69) is 27.3 Å². The lowest BCUT2D eigenvalue weighted by Gasteiger charge is -2.01.